The Morgan fingerprint density at radius 3 is 2.40 bits per heavy atom. The topological polar surface area (TPSA) is 66.8 Å². The summed E-state index contributed by atoms with van der Waals surface area (Å²) in [7, 11) is 0. The fraction of sp³-hybridized carbons (Fsp3) is 0.867. The Balaban J connectivity index is 1.51. The molecule has 3 aliphatic rings. The maximum absolute atomic E-state index is 12.4. The molecule has 20 heavy (non-hydrogen) atoms. The molecule has 2 aliphatic carbocycles. The molecule has 5 nitrogen and oxygen atoms in total. The molecule has 5 heteroatoms. The van der Waals surface area contributed by atoms with E-state index in [9.17, 15) is 9.59 Å². The Morgan fingerprint density at radius 1 is 1.20 bits per heavy atom. The molecule has 0 aromatic carbocycles. The molecule has 0 spiro atoms. The first-order valence-electron chi connectivity index (χ1n) is 7.74. The van der Waals surface area contributed by atoms with E-state index >= 15 is 0 Å². The van der Waals surface area contributed by atoms with E-state index < -0.39 is 5.97 Å². The first kappa shape index (κ1) is 13.9. The van der Waals surface area contributed by atoms with Gasteiger partial charge in [-0.3, -0.25) is 9.59 Å². The van der Waals surface area contributed by atoms with Crippen LogP contribution >= 0.6 is 0 Å². The van der Waals surface area contributed by atoms with Gasteiger partial charge >= 0.3 is 5.97 Å². The van der Waals surface area contributed by atoms with Crippen molar-refractivity contribution < 1.29 is 19.4 Å². The Bertz CT molecular complexity index is 377. The molecular formula is C15H23NO4. The van der Waals surface area contributed by atoms with Gasteiger partial charge in [-0.05, 0) is 43.4 Å². The van der Waals surface area contributed by atoms with Crippen molar-refractivity contribution >= 4 is 11.9 Å². The molecule has 1 heterocycles. The lowest BCUT2D eigenvalue weighted by molar-refractivity contribution is -0.148. The highest BCUT2D eigenvalue weighted by atomic mass is 16.5. The first-order valence-corrected chi connectivity index (χ1v) is 7.74. The van der Waals surface area contributed by atoms with Crippen molar-refractivity contribution in [2.75, 3.05) is 19.7 Å². The molecule has 2 saturated carbocycles. The number of amides is 1. The van der Waals surface area contributed by atoms with Crippen molar-refractivity contribution in [2.24, 2.45) is 17.8 Å². The van der Waals surface area contributed by atoms with E-state index in [4.69, 9.17) is 9.84 Å². The van der Waals surface area contributed by atoms with Crippen LogP contribution in [0.4, 0.5) is 0 Å². The molecule has 0 unspecified atom stereocenters. The SMILES string of the molecule is O=C(O)C[C@@H]1CN(C(=O)CC(C2CC2)C2CC2)CCO1. The maximum Gasteiger partial charge on any atom is 0.306 e. The minimum atomic E-state index is -0.863. The summed E-state index contributed by atoms with van der Waals surface area (Å²) in [6.07, 6.45) is 5.47. The summed E-state index contributed by atoms with van der Waals surface area (Å²) in [6, 6.07) is 0. The lowest BCUT2D eigenvalue weighted by Crippen LogP contribution is -2.46. The number of nitrogens with zero attached hydrogens (tertiary/aromatic N) is 1. The first-order chi connectivity index (χ1) is 9.63. The number of carboxylic acid groups (broad SMARTS) is 1. The van der Waals surface area contributed by atoms with Crippen LogP contribution in [0.2, 0.25) is 0 Å². The molecule has 1 amide bonds. The molecule has 3 rings (SSSR count). The molecule has 3 fully saturated rings. The summed E-state index contributed by atoms with van der Waals surface area (Å²) in [4.78, 5) is 25.0. The van der Waals surface area contributed by atoms with E-state index in [0.29, 0.717) is 32.0 Å². The number of aliphatic carboxylic acids is 1. The molecule has 1 saturated heterocycles. The van der Waals surface area contributed by atoms with Gasteiger partial charge in [0.1, 0.15) is 0 Å². The third kappa shape index (κ3) is 3.51. The average Bonchev–Trinajstić information content (AvgIpc) is 3.28. The molecule has 0 aromatic heterocycles. The standard InChI is InChI=1S/C15H23NO4/c17-14(8-13(10-1-2-10)11-3-4-11)16-5-6-20-12(9-16)7-15(18)19/h10-13H,1-9H2,(H,18,19)/t12-/m1/s1. The van der Waals surface area contributed by atoms with Gasteiger partial charge in [0, 0.05) is 19.5 Å². The number of carbonyl (C=O) groups is 2. The zero-order chi connectivity index (χ0) is 14.1. The van der Waals surface area contributed by atoms with Crippen molar-refractivity contribution in [1.29, 1.82) is 0 Å². The normalized spacial score (nSPS) is 26.9. The van der Waals surface area contributed by atoms with Crippen LogP contribution in [0.15, 0.2) is 0 Å². The van der Waals surface area contributed by atoms with Gasteiger partial charge in [-0.15, -0.1) is 0 Å². The van der Waals surface area contributed by atoms with Crippen molar-refractivity contribution in [3.63, 3.8) is 0 Å². The van der Waals surface area contributed by atoms with E-state index in [-0.39, 0.29) is 18.4 Å². The monoisotopic (exact) mass is 281 g/mol. The maximum atomic E-state index is 12.4. The summed E-state index contributed by atoms with van der Waals surface area (Å²) >= 11 is 0. The number of hydrogen-bond donors (Lipinski definition) is 1. The molecular weight excluding hydrogens is 258 g/mol. The van der Waals surface area contributed by atoms with Crippen LogP contribution in [0.5, 0.6) is 0 Å². The van der Waals surface area contributed by atoms with Crippen molar-refractivity contribution in [1.82, 2.24) is 4.90 Å². The summed E-state index contributed by atoms with van der Waals surface area (Å²) in [5, 5.41) is 8.81. The van der Waals surface area contributed by atoms with Crippen molar-refractivity contribution in [3.8, 4) is 0 Å². The van der Waals surface area contributed by atoms with Crippen LogP contribution in [0.25, 0.3) is 0 Å². The number of rotatable bonds is 6. The van der Waals surface area contributed by atoms with E-state index in [2.05, 4.69) is 0 Å². The second-order valence-corrected chi connectivity index (χ2v) is 6.47. The molecule has 112 valence electrons. The summed E-state index contributed by atoms with van der Waals surface area (Å²) in [5.41, 5.74) is 0. The van der Waals surface area contributed by atoms with Crippen LogP contribution in [0.3, 0.4) is 0 Å². The highest BCUT2D eigenvalue weighted by Gasteiger charge is 2.43. The number of hydrogen-bond acceptors (Lipinski definition) is 3. The van der Waals surface area contributed by atoms with Gasteiger partial charge in [-0.1, -0.05) is 0 Å². The van der Waals surface area contributed by atoms with Crippen LogP contribution in [-0.4, -0.2) is 47.7 Å². The Morgan fingerprint density at radius 2 is 1.85 bits per heavy atom. The van der Waals surface area contributed by atoms with Crippen LogP contribution < -0.4 is 0 Å². The Labute approximate surface area is 119 Å². The lowest BCUT2D eigenvalue weighted by atomic mass is 9.93. The highest BCUT2D eigenvalue weighted by molar-refractivity contribution is 5.77. The lowest BCUT2D eigenvalue weighted by Gasteiger charge is -2.33. The molecule has 1 atom stereocenters. The fourth-order valence-electron chi connectivity index (χ4n) is 3.36. The molecule has 1 N–H and O–H groups in total. The minimum absolute atomic E-state index is 0.0154. The predicted molar refractivity (Wildman–Crippen MR) is 72.1 cm³/mol. The third-order valence-corrected chi connectivity index (χ3v) is 4.76. The zero-order valence-corrected chi connectivity index (χ0v) is 11.8. The molecule has 0 bridgehead atoms. The van der Waals surface area contributed by atoms with E-state index in [0.717, 1.165) is 11.8 Å². The second kappa shape index (κ2) is 5.72. The second-order valence-electron chi connectivity index (χ2n) is 6.47. The smallest absolute Gasteiger partial charge is 0.306 e. The fourth-order valence-corrected chi connectivity index (χ4v) is 3.36. The average molecular weight is 281 g/mol. The van der Waals surface area contributed by atoms with Gasteiger partial charge in [0.05, 0.1) is 19.1 Å². The van der Waals surface area contributed by atoms with Crippen molar-refractivity contribution in [2.45, 2.75) is 44.6 Å². The molecule has 0 aromatic rings. The Hall–Kier alpha value is -1.10. The third-order valence-electron chi connectivity index (χ3n) is 4.76. The van der Waals surface area contributed by atoms with Gasteiger partial charge < -0.3 is 14.7 Å². The van der Waals surface area contributed by atoms with Gasteiger partial charge in [0.2, 0.25) is 5.91 Å². The predicted octanol–water partition coefficient (Wildman–Crippen LogP) is 1.51. The zero-order valence-electron chi connectivity index (χ0n) is 11.8. The van der Waals surface area contributed by atoms with Crippen LogP contribution in [0.1, 0.15) is 38.5 Å². The largest absolute Gasteiger partial charge is 0.481 e. The van der Waals surface area contributed by atoms with Gasteiger partial charge in [-0.2, -0.15) is 0 Å². The van der Waals surface area contributed by atoms with E-state index in [1.54, 1.807) is 0 Å². The molecule has 0 radical (unpaired) electrons. The van der Waals surface area contributed by atoms with Gasteiger partial charge in [-0.25, -0.2) is 0 Å². The minimum Gasteiger partial charge on any atom is -0.481 e. The number of morpholine rings is 1. The number of carboxylic acids is 1. The van der Waals surface area contributed by atoms with Gasteiger partial charge in [0.25, 0.3) is 0 Å². The number of carbonyl (C=O) groups excluding carboxylic acids is 1. The van der Waals surface area contributed by atoms with E-state index in [1.807, 2.05) is 4.90 Å². The van der Waals surface area contributed by atoms with Gasteiger partial charge in [0.15, 0.2) is 0 Å². The quantitative estimate of drug-likeness (QED) is 0.801. The van der Waals surface area contributed by atoms with Crippen LogP contribution in [0, 0.1) is 17.8 Å². The van der Waals surface area contributed by atoms with E-state index in [1.165, 1.54) is 25.7 Å². The summed E-state index contributed by atoms with van der Waals surface area (Å²) in [6.45, 7) is 1.51. The highest BCUT2D eigenvalue weighted by Crippen LogP contribution is 2.50. The number of ether oxygens (including phenoxy) is 1. The molecule has 1 aliphatic heterocycles. The summed E-state index contributed by atoms with van der Waals surface area (Å²) < 4.78 is 5.42. The van der Waals surface area contributed by atoms with Crippen molar-refractivity contribution in [3.05, 3.63) is 0 Å². The summed E-state index contributed by atoms with van der Waals surface area (Å²) in [5.74, 6) is 1.48. The van der Waals surface area contributed by atoms with Crippen LogP contribution in [-0.2, 0) is 14.3 Å². The Kier molecular flexibility index (Phi) is 3.96.